The van der Waals surface area contributed by atoms with Gasteiger partial charge in [0, 0.05) is 11.6 Å². The summed E-state index contributed by atoms with van der Waals surface area (Å²) in [7, 11) is 0. The van der Waals surface area contributed by atoms with E-state index in [1.807, 2.05) is 0 Å². The van der Waals surface area contributed by atoms with Crippen molar-refractivity contribution < 1.29 is 24.0 Å². The van der Waals surface area contributed by atoms with Crippen LogP contribution in [0.4, 0.5) is 5.69 Å². The highest BCUT2D eigenvalue weighted by molar-refractivity contribution is 6.06. The molecule has 9 nitrogen and oxygen atoms in total. The van der Waals surface area contributed by atoms with Gasteiger partial charge in [-0.1, -0.05) is 30.3 Å². The van der Waals surface area contributed by atoms with Crippen molar-refractivity contribution in [2.45, 2.75) is 6.92 Å². The second-order valence-corrected chi connectivity index (χ2v) is 5.68. The fourth-order valence-electron chi connectivity index (χ4n) is 2.33. The number of nitrogens with zero attached hydrogens (tertiary/aromatic N) is 1. The van der Waals surface area contributed by atoms with Gasteiger partial charge in [-0.25, -0.2) is 0 Å². The van der Waals surface area contributed by atoms with Gasteiger partial charge in [0.2, 0.25) is 0 Å². The summed E-state index contributed by atoms with van der Waals surface area (Å²) >= 11 is 0. The maximum Gasteiger partial charge on any atom is 0.325 e. The molecule has 0 bridgehead atoms. The maximum atomic E-state index is 12.5. The van der Waals surface area contributed by atoms with Gasteiger partial charge >= 0.3 is 5.97 Å². The normalized spacial score (nSPS) is 10.7. The molecule has 2 rings (SSSR count). The van der Waals surface area contributed by atoms with E-state index in [2.05, 4.69) is 10.6 Å². The first-order chi connectivity index (χ1) is 13.9. The van der Waals surface area contributed by atoms with Crippen LogP contribution < -0.4 is 10.6 Å². The molecule has 0 radical (unpaired) electrons. The summed E-state index contributed by atoms with van der Waals surface area (Å²) in [6.07, 6.45) is 1.18. The van der Waals surface area contributed by atoms with E-state index < -0.39 is 29.3 Å². The summed E-state index contributed by atoms with van der Waals surface area (Å²) < 4.78 is 4.74. The number of carbonyl (C=O) groups is 3. The lowest BCUT2D eigenvalue weighted by Crippen LogP contribution is -2.37. The Kier molecular flexibility index (Phi) is 7.60. The van der Waals surface area contributed by atoms with Gasteiger partial charge in [-0.2, -0.15) is 0 Å². The summed E-state index contributed by atoms with van der Waals surface area (Å²) in [5.74, 6) is -2.03. The monoisotopic (exact) mass is 397 g/mol. The molecule has 9 heteroatoms. The van der Waals surface area contributed by atoms with Crippen LogP contribution in [0.1, 0.15) is 22.8 Å². The van der Waals surface area contributed by atoms with Gasteiger partial charge in [0.15, 0.2) is 0 Å². The third kappa shape index (κ3) is 6.28. The minimum absolute atomic E-state index is 0.118. The number of hydrogen-bond acceptors (Lipinski definition) is 6. The zero-order valence-electron chi connectivity index (χ0n) is 15.6. The zero-order chi connectivity index (χ0) is 21.2. The van der Waals surface area contributed by atoms with Crippen LogP contribution in [0.5, 0.6) is 0 Å². The first-order valence-electron chi connectivity index (χ1n) is 8.67. The smallest absolute Gasteiger partial charge is 0.325 e. The largest absolute Gasteiger partial charge is 0.465 e. The number of nitro benzene ring substituents is 1. The fourth-order valence-corrected chi connectivity index (χ4v) is 2.33. The standard InChI is InChI=1S/C20H19N3O6/c1-2-29-18(24)13-21-20(26)16(22-19(25)14-8-4-3-5-9-14)12-15-10-6-7-11-17(15)23(27)28/h3-12H,2,13H2,1H3,(H,21,26)(H,22,25)/b16-12-. The Bertz CT molecular complexity index is 940. The zero-order valence-corrected chi connectivity index (χ0v) is 15.6. The second kappa shape index (κ2) is 10.4. The summed E-state index contributed by atoms with van der Waals surface area (Å²) in [6.45, 7) is 1.36. The van der Waals surface area contributed by atoms with E-state index in [0.29, 0.717) is 5.56 Å². The average Bonchev–Trinajstić information content (AvgIpc) is 2.72. The number of para-hydroxylation sites is 1. The first kappa shape index (κ1) is 21.3. The summed E-state index contributed by atoms with van der Waals surface area (Å²) in [6, 6.07) is 13.9. The quantitative estimate of drug-likeness (QED) is 0.304. The Morgan fingerprint density at radius 3 is 2.38 bits per heavy atom. The molecule has 0 aliphatic rings. The van der Waals surface area contributed by atoms with E-state index in [4.69, 9.17) is 4.74 Å². The van der Waals surface area contributed by atoms with E-state index in [1.165, 1.54) is 24.3 Å². The Balaban J connectivity index is 2.32. The molecule has 2 aromatic carbocycles. The molecule has 0 spiro atoms. The molecule has 2 amide bonds. The molecule has 2 aromatic rings. The number of nitrogens with one attached hydrogen (secondary N) is 2. The topological polar surface area (TPSA) is 128 Å². The van der Waals surface area contributed by atoms with Crippen LogP contribution in [-0.4, -0.2) is 35.9 Å². The molecule has 0 saturated carbocycles. The minimum atomic E-state index is -0.791. The molecular formula is C20H19N3O6. The van der Waals surface area contributed by atoms with Crippen molar-refractivity contribution in [2.75, 3.05) is 13.2 Å². The molecule has 0 heterocycles. The lowest BCUT2D eigenvalue weighted by Gasteiger charge is -2.11. The average molecular weight is 397 g/mol. The van der Waals surface area contributed by atoms with E-state index in [9.17, 15) is 24.5 Å². The van der Waals surface area contributed by atoms with Crippen LogP contribution in [0.3, 0.4) is 0 Å². The highest BCUT2D eigenvalue weighted by Crippen LogP contribution is 2.20. The molecule has 0 saturated heterocycles. The van der Waals surface area contributed by atoms with Gasteiger partial charge < -0.3 is 15.4 Å². The third-order valence-electron chi connectivity index (χ3n) is 3.66. The SMILES string of the molecule is CCOC(=O)CNC(=O)/C(=C/c1ccccc1[N+](=O)[O-])NC(=O)c1ccccc1. The molecule has 2 N–H and O–H groups in total. The predicted octanol–water partition coefficient (Wildman–Crippen LogP) is 2.04. The van der Waals surface area contributed by atoms with Crippen molar-refractivity contribution in [1.82, 2.24) is 10.6 Å². The predicted molar refractivity (Wildman–Crippen MR) is 105 cm³/mol. The first-order valence-corrected chi connectivity index (χ1v) is 8.67. The van der Waals surface area contributed by atoms with Crippen molar-refractivity contribution in [3.63, 3.8) is 0 Å². The molecule has 29 heavy (non-hydrogen) atoms. The Morgan fingerprint density at radius 1 is 1.07 bits per heavy atom. The molecule has 0 unspecified atom stereocenters. The van der Waals surface area contributed by atoms with Gasteiger partial charge in [-0.3, -0.25) is 24.5 Å². The van der Waals surface area contributed by atoms with Gasteiger partial charge in [0.05, 0.1) is 17.1 Å². The van der Waals surface area contributed by atoms with Crippen LogP contribution in [0.2, 0.25) is 0 Å². The van der Waals surface area contributed by atoms with Crippen molar-refractivity contribution in [1.29, 1.82) is 0 Å². The number of nitro groups is 1. The maximum absolute atomic E-state index is 12.5. The third-order valence-corrected chi connectivity index (χ3v) is 3.66. The number of hydrogen-bond donors (Lipinski definition) is 2. The molecule has 0 atom stereocenters. The summed E-state index contributed by atoms with van der Waals surface area (Å²) in [4.78, 5) is 47.1. The van der Waals surface area contributed by atoms with Crippen molar-refractivity contribution in [3.8, 4) is 0 Å². The van der Waals surface area contributed by atoms with E-state index >= 15 is 0 Å². The Morgan fingerprint density at radius 2 is 1.72 bits per heavy atom. The molecule has 0 fully saturated rings. The number of rotatable bonds is 8. The van der Waals surface area contributed by atoms with Crippen LogP contribution in [-0.2, 0) is 14.3 Å². The molecule has 150 valence electrons. The van der Waals surface area contributed by atoms with Crippen molar-refractivity contribution >= 4 is 29.5 Å². The highest BCUT2D eigenvalue weighted by Gasteiger charge is 2.18. The van der Waals surface area contributed by atoms with Crippen molar-refractivity contribution in [3.05, 3.63) is 81.5 Å². The van der Waals surface area contributed by atoms with Gasteiger partial charge in [-0.05, 0) is 31.2 Å². The Hall–Kier alpha value is -4.01. The molecule has 0 aromatic heterocycles. The highest BCUT2D eigenvalue weighted by atomic mass is 16.6. The van der Waals surface area contributed by atoms with Gasteiger partial charge in [0.1, 0.15) is 12.2 Å². The second-order valence-electron chi connectivity index (χ2n) is 5.68. The van der Waals surface area contributed by atoms with E-state index in [1.54, 1.807) is 43.3 Å². The van der Waals surface area contributed by atoms with Gasteiger partial charge in [-0.15, -0.1) is 0 Å². The number of amides is 2. The number of benzene rings is 2. The molecular weight excluding hydrogens is 378 g/mol. The minimum Gasteiger partial charge on any atom is -0.465 e. The lowest BCUT2D eigenvalue weighted by atomic mass is 10.1. The van der Waals surface area contributed by atoms with E-state index in [-0.39, 0.29) is 23.6 Å². The molecule has 0 aliphatic heterocycles. The Labute approximate surface area is 166 Å². The van der Waals surface area contributed by atoms with E-state index in [0.717, 1.165) is 0 Å². The van der Waals surface area contributed by atoms with Crippen molar-refractivity contribution in [2.24, 2.45) is 0 Å². The van der Waals surface area contributed by atoms with Crippen LogP contribution in [0, 0.1) is 10.1 Å². The number of ether oxygens (including phenoxy) is 1. The molecule has 0 aliphatic carbocycles. The number of esters is 1. The summed E-state index contributed by atoms with van der Waals surface area (Å²) in [5.41, 5.74) is -0.0825. The van der Waals surface area contributed by atoms with Gasteiger partial charge in [0.25, 0.3) is 17.5 Å². The van der Waals surface area contributed by atoms with Crippen LogP contribution in [0.25, 0.3) is 6.08 Å². The number of carbonyl (C=O) groups excluding carboxylic acids is 3. The van der Waals surface area contributed by atoms with Crippen LogP contribution >= 0.6 is 0 Å². The van der Waals surface area contributed by atoms with Crippen LogP contribution in [0.15, 0.2) is 60.3 Å². The lowest BCUT2D eigenvalue weighted by molar-refractivity contribution is -0.385. The fraction of sp³-hybridized carbons (Fsp3) is 0.150. The summed E-state index contributed by atoms with van der Waals surface area (Å²) in [5, 5.41) is 16.0.